The quantitative estimate of drug-likeness (QED) is 0.316. The van der Waals surface area contributed by atoms with E-state index in [4.69, 9.17) is 0 Å². The van der Waals surface area contributed by atoms with Crippen molar-refractivity contribution in [3.05, 3.63) is 73.1 Å². The molecule has 8 heteroatoms. The zero-order chi connectivity index (χ0) is 18.8. The summed E-state index contributed by atoms with van der Waals surface area (Å²) in [6.45, 7) is 0. The average Bonchev–Trinajstić information content (AvgIpc) is 2.69. The number of nitrogens with one attached hydrogen (secondary N) is 4. The highest BCUT2D eigenvalue weighted by molar-refractivity contribution is 5.69. The molecule has 136 valence electrons. The summed E-state index contributed by atoms with van der Waals surface area (Å²) in [7, 11) is 0. The van der Waals surface area contributed by atoms with E-state index in [1.54, 1.807) is 12.4 Å². The van der Waals surface area contributed by atoms with Gasteiger partial charge >= 0.3 is 0 Å². The maximum atomic E-state index is 4.53. The van der Waals surface area contributed by atoms with Gasteiger partial charge in [-0.3, -0.25) is 0 Å². The SMILES string of the molecule is c1cc2cc(c1)Nc1nccc(n1)Nc1cccc(c1)Nc1nccc(n1)N2. The van der Waals surface area contributed by atoms with Crippen LogP contribution in [0.4, 0.5) is 46.3 Å². The molecule has 0 atom stereocenters. The van der Waals surface area contributed by atoms with Crippen molar-refractivity contribution in [2.24, 2.45) is 0 Å². The molecule has 1 aliphatic rings. The molecule has 3 heterocycles. The van der Waals surface area contributed by atoms with Crippen LogP contribution >= 0.6 is 0 Å². The monoisotopic (exact) mass is 368 g/mol. The number of hydrogen-bond acceptors (Lipinski definition) is 8. The van der Waals surface area contributed by atoms with Gasteiger partial charge in [-0.05, 0) is 48.5 Å². The van der Waals surface area contributed by atoms with Gasteiger partial charge in [0.1, 0.15) is 11.6 Å². The molecule has 8 bridgehead atoms. The number of hydrogen-bond donors (Lipinski definition) is 4. The first-order valence-corrected chi connectivity index (χ1v) is 8.74. The highest BCUT2D eigenvalue weighted by Crippen LogP contribution is 2.25. The van der Waals surface area contributed by atoms with Crippen LogP contribution in [-0.4, -0.2) is 19.9 Å². The van der Waals surface area contributed by atoms with Crippen molar-refractivity contribution in [2.75, 3.05) is 21.3 Å². The molecule has 2 aromatic carbocycles. The van der Waals surface area contributed by atoms with E-state index in [2.05, 4.69) is 41.2 Å². The van der Waals surface area contributed by atoms with Crippen LogP contribution in [0.15, 0.2) is 73.1 Å². The van der Waals surface area contributed by atoms with E-state index in [1.165, 1.54) is 0 Å². The van der Waals surface area contributed by atoms with Crippen LogP contribution in [-0.2, 0) is 0 Å². The summed E-state index contributed by atoms with van der Waals surface area (Å²) in [5.74, 6) is 2.39. The summed E-state index contributed by atoms with van der Waals surface area (Å²) < 4.78 is 0. The highest BCUT2D eigenvalue weighted by atomic mass is 15.2. The third-order valence-corrected chi connectivity index (χ3v) is 4.09. The first kappa shape index (κ1) is 16.0. The lowest BCUT2D eigenvalue weighted by molar-refractivity contribution is 1.16. The molecule has 0 saturated carbocycles. The van der Waals surface area contributed by atoms with Crippen molar-refractivity contribution >= 4 is 46.3 Å². The molecule has 4 N–H and O–H groups in total. The molecule has 8 nitrogen and oxygen atoms in total. The number of anilines is 8. The summed E-state index contributed by atoms with van der Waals surface area (Å²) in [6, 6.07) is 19.3. The molecule has 2 aromatic heterocycles. The normalized spacial score (nSPS) is 12.0. The Morgan fingerprint density at radius 2 is 0.929 bits per heavy atom. The van der Waals surface area contributed by atoms with Crippen molar-refractivity contribution < 1.29 is 0 Å². The third-order valence-electron chi connectivity index (χ3n) is 4.09. The minimum absolute atomic E-state index is 0.507. The topological polar surface area (TPSA) is 99.7 Å². The fraction of sp³-hybridized carbons (Fsp3) is 0. The van der Waals surface area contributed by atoms with E-state index < -0.39 is 0 Å². The van der Waals surface area contributed by atoms with Gasteiger partial charge in [-0.15, -0.1) is 0 Å². The van der Waals surface area contributed by atoms with Crippen LogP contribution in [0.5, 0.6) is 0 Å². The van der Waals surface area contributed by atoms with Crippen LogP contribution in [0.2, 0.25) is 0 Å². The Bertz CT molecular complexity index is 893. The molecular weight excluding hydrogens is 352 g/mol. The fourth-order valence-electron chi connectivity index (χ4n) is 2.88. The van der Waals surface area contributed by atoms with E-state index in [-0.39, 0.29) is 0 Å². The number of rotatable bonds is 0. The minimum Gasteiger partial charge on any atom is -0.340 e. The van der Waals surface area contributed by atoms with Crippen LogP contribution in [0.3, 0.4) is 0 Å². The third kappa shape index (κ3) is 3.51. The van der Waals surface area contributed by atoms with E-state index >= 15 is 0 Å². The number of fused-ring (bicyclic) bond motifs is 8. The zero-order valence-corrected chi connectivity index (χ0v) is 14.7. The lowest BCUT2D eigenvalue weighted by atomic mass is 10.2. The predicted molar refractivity (Wildman–Crippen MR) is 110 cm³/mol. The van der Waals surface area contributed by atoms with Crippen LogP contribution < -0.4 is 21.3 Å². The Morgan fingerprint density at radius 1 is 0.500 bits per heavy atom. The summed E-state index contributed by atoms with van der Waals surface area (Å²) in [6.07, 6.45) is 3.42. The lowest BCUT2D eigenvalue weighted by Crippen LogP contribution is -2.03. The summed E-state index contributed by atoms with van der Waals surface area (Å²) in [5.41, 5.74) is 3.50. The van der Waals surface area contributed by atoms with Gasteiger partial charge < -0.3 is 21.3 Å². The molecule has 0 fully saturated rings. The summed E-state index contributed by atoms with van der Waals surface area (Å²) in [4.78, 5) is 17.7. The van der Waals surface area contributed by atoms with Crippen molar-refractivity contribution in [1.82, 2.24) is 19.9 Å². The first-order chi connectivity index (χ1) is 13.8. The standard InChI is InChI=1S/C20H16N8/c1-3-13-11-15(5-1)25-19-21-10-8-18(28-19)24-14-4-2-6-16(12-14)26-20-22-9-7-17(23-13)27-20/h1-12H,(H2,22,23,26,27)(H2,21,24,25,28). The lowest BCUT2D eigenvalue weighted by Gasteiger charge is -2.13. The zero-order valence-electron chi connectivity index (χ0n) is 14.7. The van der Waals surface area contributed by atoms with Crippen molar-refractivity contribution in [3.63, 3.8) is 0 Å². The van der Waals surface area contributed by atoms with E-state index in [9.17, 15) is 0 Å². The van der Waals surface area contributed by atoms with Crippen molar-refractivity contribution in [1.29, 1.82) is 0 Å². The van der Waals surface area contributed by atoms with E-state index in [1.807, 2.05) is 60.7 Å². The second-order valence-electron chi connectivity index (χ2n) is 6.19. The molecule has 0 spiro atoms. The Hall–Kier alpha value is -4.20. The molecule has 5 rings (SSSR count). The fourth-order valence-corrected chi connectivity index (χ4v) is 2.88. The molecule has 0 aliphatic carbocycles. The smallest absolute Gasteiger partial charge is 0.229 e. The van der Waals surface area contributed by atoms with Crippen molar-refractivity contribution in [3.8, 4) is 0 Å². The predicted octanol–water partition coefficient (Wildman–Crippen LogP) is 4.55. The van der Waals surface area contributed by atoms with Crippen LogP contribution in [0.25, 0.3) is 0 Å². The maximum absolute atomic E-state index is 4.53. The van der Waals surface area contributed by atoms with Gasteiger partial charge in [0, 0.05) is 35.1 Å². The Labute approximate surface area is 161 Å². The Morgan fingerprint density at radius 3 is 1.39 bits per heavy atom. The second-order valence-corrected chi connectivity index (χ2v) is 6.19. The van der Waals surface area contributed by atoms with E-state index in [0.717, 1.165) is 22.7 Å². The van der Waals surface area contributed by atoms with Gasteiger partial charge in [0.05, 0.1) is 0 Å². The van der Waals surface area contributed by atoms with Gasteiger partial charge in [-0.25, -0.2) is 9.97 Å². The Balaban J connectivity index is 1.60. The molecule has 0 unspecified atom stereocenters. The summed E-state index contributed by atoms with van der Waals surface area (Å²) in [5, 5.41) is 13.1. The van der Waals surface area contributed by atoms with Crippen molar-refractivity contribution in [2.45, 2.75) is 0 Å². The second kappa shape index (κ2) is 6.84. The van der Waals surface area contributed by atoms with Gasteiger partial charge in [0.25, 0.3) is 0 Å². The van der Waals surface area contributed by atoms with Gasteiger partial charge in [-0.1, -0.05) is 12.1 Å². The number of nitrogens with zero attached hydrogens (tertiary/aromatic N) is 4. The molecule has 1 aliphatic heterocycles. The maximum Gasteiger partial charge on any atom is 0.229 e. The molecule has 4 aromatic rings. The molecular formula is C20H16N8. The molecule has 0 radical (unpaired) electrons. The summed E-state index contributed by atoms with van der Waals surface area (Å²) >= 11 is 0. The molecule has 28 heavy (non-hydrogen) atoms. The minimum atomic E-state index is 0.507. The van der Waals surface area contributed by atoms with Gasteiger partial charge in [0.2, 0.25) is 11.9 Å². The highest BCUT2D eigenvalue weighted by Gasteiger charge is 2.06. The first-order valence-electron chi connectivity index (χ1n) is 8.74. The average molecular weight is 368 g/mol. The van der Waals surface area contributed by atoms with Gasteiger partial charge in [-0.2, -0.15) is 9.97 Å². The number of aromatic nitrogens is 4. The largest absolute Gasteiger partial charge is 0.340 e. The van der Waals surface area contributed by atoms with E-state index in [0.29, 0.717) is 23.5 Å². The molecule has 0 amide bonds. The van der Waals surface area contributed by atoms with Gasteiger partial charge in [0.15, 0.2) is 0 Å². The van der Waals surface area contributed by atoms with Crippen LogP contribution in [0.1, 0.15) is 0 Å². The molecule has 0 saturated heterocycles. The Kier molecular flexibility index (Phi) is 3.91. The number of benzene rings is 2. The van der Waals surface area contributed by atoms with Crippen LogP contribution in [0, 0.1) is 0 Å².